The highest BCUT2D eigenvalue weighted by Crippen LogP contribution is 2.38. The van der Waals surface area contributed by atoms with Crippen molar-refractivity contribution in [2.24, 2.45) is 0 Å². The molecule has 196 valence electrons. The predicted octanol–water partition coefficient (Wildman–Crippen LogP) is 6.82. The van der Waals surface area contributed by atoms with Crippen LogP contribution in [0.15, 0.2) is 65.6 Å². The summed E-state index contributed by atoms with van der Waals surface area (Å²) in [6, 6.07) is 17.1. The highest BCUT2D eigenvalue weighted by Gasteiger charge is 2.33. The summed E-state index contributed by atoms with van der Waals surface area (Å²) in [4.78, 5) is 27.5. The van der Waals surface area contributed by atoms with E-state index in [1.807, 2.05) is 6.92 Å². The fraction of sp³-hybridized carbons (Fsp3) is 0.148. The smallest absolute Gasteiger partial charge is 0.270 e. The number of anilines is 2. The molecule has 0 aromatic heterocycles. The molecule has 1 N–H and O–H groups in total. The van der Waals surface area contributed by atoms with E-state index >= 15 is 0 Å². The van der Waals surface area contributed by atoms with E-state index in [0.29, 0.717) is 60.1 Å². The molecule has 0 unspecified atom stereocenters. The predicted molar refractivity (Wildman–Crippen MR) is 157 cm³/mol. The standard InChI is InChI=1S/C27H22Cl2N2O5S2/c1-3-35-23-12-16(4-11-22(23)36-15-25(32)30-21-10-5-17(28)14-20(21)29)13-24-26(33)31(27(37)38-24)18-6-8-19(34-2)9-7-18/h4-14H,3,15H2,1-2H3,(H,30,32)/b24-13-. The SMILES string of the molecule is CCOc1cc(/C=C2\SC(=S)N(c3ccc(OC)cc3)C2=O)ccc1OCC(=O)Nc1ccc(Cl)cc1Cl. The Morgan fingerprint density at radius 2 is 1.82 bits per heavy atom. The average molecular weight is 590 g/mol. The number of hydrogen-bond donors (Lipinski definition) is 1. The van der Waals surface area contributed by atoms with Crippen LogP contribution in [0, 0.1) is 0 Å². The summed E-state index contributed by atoms with van der Waals surface area (Å²) >= 11 is 18.7. The van der Waals surface area contributed by atoms with Crippen LogP contribution in [0.25, 0.3) is 6.08 Å². The molecule has 2 amide bonds. The fourth-order valence-corrected chi connectivity index (χ4v) is 5.25. The summed E-state index contributed by atoms with van der Waals surface area (Å²) < 4.78 is 17.0. The van der Waals surface area contributed by atoms with Crippen LogP contribution in [-0.4, -0.2) is 36.5 Å². The van der Waals surface area contributed by atoms with Gasteiger partial charge in [0.1, 0.15) is 5.75 Å². The molecule has 1 saturated heterocycles. The minimum absolute atomic E-state index is 0.221. The molecule has 11 heteroatoms. The van der Waals surface area contributed by atoms with Crippen LogP contribution in [0.3, 0.4) is 0 Å². The number of amides is 2. The molecule has 0 saturated carbocycles. The zero-order valence-corrected chi connectivity index (χ0v) is 23.5. The zero-order chi connectivity index (χ0) is 27.2. The molecule has 1 aliphatic heterocycles. The topological polar surface area (TPSA) is 77.1 Å². The van der Waals surface area contributed by atoms with Crippen LogP contribution in [0.5, 0.6) is 17.2 Å². The number of ether oxygens (including phenoxy) is 3. The Labute approximate surface area is 239 Å². The second-order valence-electron chi connectivity index (χ2n) is 7.82. The lowest BCUT2D eigenvalue weighted by molar-refractivity contribution is -0.118. The van der Waals surface area contributed by atoms with Crippen molar-refractivity contribution in [1.29, 1.82) is 0 Å². The summed E-state index contributed by atoms with van der Waals surface area (Å²) in [6.07, 6.45) is 1.74. The summed E-state index contributed by atoms with van der Waals surface area (Å²) in [5.41, 5.74) is 1.80. The van der Waals surface area contributed by atoms with Gasteiger partial charge in [0, 0.05) is 5.02 Å². The maximum atomic E-state index is 13.1. The molecule has 4 rings (SSSR count). The first-order valence-electron chi connectivity index (χ1n) is 11.4. The van der Waals surface area contributed by atoms with Crippen molar-refractivity contribution in [3.05, 3.63) is 81.2 Å². The van der Waals surface area contributed by atoms with Crippen molar-refractivity contribution in [3.63, 3.8) is 0 Å². The lowest BCUT2D eigenvalue weighted by Crippen LogP contribution is -2.27. The van der Waals surface area contributed by atoms with Gasteiger partial charge < -0.3 is 19.5 Å². The molecule has 0 atom stereocenters. The van der Waals surface area contributed by atoms with Gasteiger partial charge in [0.05, 0.1) is 35.0 Å². The lowest BCUT2D eigenvalue weighted by atomic mass is 10.1. The van der Waals surface area contributed by atoms with Gasteiger partial charge in [0.25, 0.3) is 11.8 Å². The Bertz CT molecular complexity index is 1410. The molecule has 1 heterocycles. The van der Waals surface area contributed by atoms with Crippen LogP contribution < -0.4 is 24.4 Å². The quantitative estimate of drug-likeness (QED) is 0.217. The second kappa shape index (κ2) is 12.5. The van der Waals surface area contributed by atoms with Gasteiger partial charge in [-0.3, -0.25) is 14.5 Å². The van der Waals surface area contributed by atoms with Gasteiger partial charge >= 0.3 is 0 Å². The van der Waals surface area contributed by atoms with E-state index in [1.54, 1.807) is 67.8 Å². The summed E-state index contributed by atoms with van der Waals surface area (Å²) in [5.74, 6) is 0.882. The maximum absolute atomic E-state index is 13.1. The van der Waals surface area contributed by atoms with Crippen molar-refractivity contribution < 1.29 is 23.8 Å². The molecule has 1 aliphatic rings. The van der Waals surface area contributed by atoms with E-state index in [-0.39, 0.29) is 12.5 Å². The Morgan fingerprint density at radius 1 is 1.05 bits per heavy atom. The van der Waals surface area contributed by atoms with Gasteiger partial charge in [0.15, 0.2) is 22.4 Å². The first kappa shape index (κ1) is 27.8. The Morgan fingerprint density at radius 3 is 2.50 bits per heavy atom. The molecule has 0 bridgehead atoms. The van der Waals surface area contributed by atoms with E-state index in [4.69, 9.17) is 49.6 Å². The van der Waals surface area contributed by atoms with Gasteiger partial charge in [-0.2, -0.15) is 0 Å². The van der Waals surface area contributed by atoms with E-state index < -0.39 is 5.91 Å². The average Bonchev–Trinajstić information content (AvgIpc) is 3.17. The van der Waals surface area contributed by atoms with Crippen molar-refractivity contribution in [3.8, 4) is 17.2 Å². The van der Waals surface area contributed by atoms with Crippen LogP contribution in [-0.2, 0) is 9.59 Å². The number of nitrogens with zero attached hydrogens (tertiary/aromatic N) is 1. The van der Waals surface area contributed by atoms with Crippen LogP contribution in [0.1, 0.15) is 12.5 Å². The van der Waals surface area contributed by atoms with Crippen molar-refractivity contribution >= 4 is 80.8 Å². The van der Waals surface area contributed by atoms with Gasteiger partial charge in [-0.05, 0) is 73.2 Å². The third-order valence-electron chi connectivity index (χ3n) is 5.25. The van der Waals surface area contributed by atoms with Gasteiger partial charge in [-0.1, -0.05) is 53.2 Å². The third kappa shape index (κ3) is 6.60. The molecule has 3 aromatic rings. The molecule has 1 fully saturated rings. The fourth-order valence-electron chi connectivity index (χ4n) is 3.50. The van der Waals surface area contributed by atoms with Crippen molar-refractivity contribution in [1.82, 2.24) is 0 Å². The number of benzene rings is 3. The van der Waals surface area contributed by atoms with Gasteiger partial charge in [-0.15, -0.1) is 0 Å². The lowest BCUT2D eigenvalue weighted by Gasteiger charge is -2.15. The molecular formula is C27H22Cl2N2O5S2. The number of halogens is 2. The molecule has 0 aliphatic carbocycles. The van der Waals surface area contributed by atoms with E-state index in [9.17, 15) is 9.59 Å². The summed E-state index contributed by atoms with van der Waals surface area (Å²) in [5, 5.41) is 3.47. The van der Waals surface area contributed by atoms with Gasteiger partial charge in [0.2, 0.25) is 0 Å². The van der Waals surface area contributed by atoms with Crippen molar-refractivity contribution in [2.45, 2.75) is 6.92 Å². The monoisotopic (exact) mass is 588 g/mol. The second-order valence-corrected chi connectivity index (χ2v) is 10.3. The number of nitrogens with one attached hydrogen (secondary N) is 1. The maximum Gasteiger partial charge on any atom is 0.270 e. The first-order chi connectivity index (χ1) is 18.3. The van der Waals surface area contributed by atoms with E-state index in [2.05, 4.69) is 5.32 Å². The molecular weight excluding hydrogens is 567 g/mol. The number of carbonyl (C=O) groups excluding carboxylic acids is 2. The highest BCUT2D eigenvalue weighted by molar-refractivity contribution is 8.27. The van der Waals surface area contributed by atoms with Crippen molar-refractivity contribution in [2.75, 3.05) is 30.5 Å². The Balaban J connectivity index is 1.47. The Hall–Kier alpha value is -3.24. The third-order valence-corrected chi connectivity index (χ3v) is 7.10. The summed E-state index contributed by atoms with van der Waals surface area (Å²) in [6.45, 7) is 1.95. The minimum atomic E-state index is -0.400. The summed E-state index contributed by atoms with van der Waals surface area (Å²) in [7, 11) is 1.58. The molecule has 0 spiro atoms. The highest BCUT2D eigenvalue weighted by atomic mass is 35.5. The largest absolute Gasteiger partial charge is 0.497 e. The number of thiocarbonyl (C=S) groups is 1. The number of thioether (sulfide) groups is 1. The molecule has 38 heavy (non-hydrogen) atoms. The zero-order valence-electron chi connectivity index (χ0n) is 20.3. The molecule has 7 nitrogen and oxygen atoms in total. The Kier molecular flexibility index (Phi) is 9.17. The van der Waals surface area contributed by atoms with Crippen LogP contribution in [0.2, 0.25) is 10.0 Å². The first-order valence-corrected chi connectivity index (χ1v) is 13.3. The van der Waals surface area contributed by atoms with E-state index in [1.165, 1.54) is 22.7 Å². The van der Waals surface area contributed by atoms with E-state index in [0.717, 1.165) is 0 Å². The number of rotatable bonds is 9. The van der Waals surface area contributed by atoms with Crippen LogP contribution >= 0.6 is 47.2 Å². The number of methoxy groups -OCH3 is 1. The molecule has 3 aromatic carbocycles. The normalized spacial score (nSPS) is 14.1. The molecule has 0 radical (unpaired) electrons. The van der Waals surface area contributed by atoms with Gasteiger partial charge in [-0.25, -0.2) is 0 Å². The minimum Gasteiger partial charge on any atom is -0.497 e. The van der Waals surface area contributed by atoms with Crippen LogP contribution in [0.4, 0.5) is 11.4 Å². The number of hydrogen-bond acceptors (Lipinski definition) is 7. The number of carbonyl (C=O) groups is 2.